The maximum atomic E-state index is 2.32. The summed E-state index contributed by atoms with van der Waals surface area (Å²) in [5.41, 5.74) is 0.542. The van der Waals surface area contributed by atoms with E-state index in [1.807, 2.05) is 0 Å². The lowest BCUT2D eigenvalue weighted by Gasteiger charge is -2.27. The van der Waals surface area contributed by atoms with Crippen molar-refractivity contribution in [1.82, 2.24) is 0 Å². The first kappa shape index (κ1) is 13.6. The van der Waals surface area contributed by atoms with Gasteiger partial charge >= 0.3 is 0 Å². The fourth-order valence-corrected chi connectivity index (χ4v) is 0.408. The van der Waals surface area contributed by atoms with Gasteiger partial charge in [-0.25, -0.2) is 0 Å². The van der Waals surface area contributed by atoms with E-state index in [0.29, 0.717) is 5.41 Å². The molecule has 11 heavy (non-hydrogen) atoms. The molecule has 0 nitrogen and oxygen atoms in total. The highest BCUT2D eigenvalue weighted by Crippen LogP contribution is 2.28. The van der Waals surface area contributed by atoms with Crippen LogP contribution in [0, 0.1) is 11.3 Å². The number of hydrogen-bond acceptors (Lipinski definition) is 0. The van der Waals surface area contributed by atoms with Gasteiger partial charge in [0.15, 0.2) is 0 Å². The van der Waals surface area contributed by atoms with Crippen molar-refractivity contribution < 1.29 is 0 Å². The molecular weight excluding hydrogens is 132 g/mol. The Balaban J connectivity index is 0. The summed E-state index contributed by atoms with van der Waals surface area (Å²) >= 11 is 0. The van der Waals surface area contributed by atoms with Crippen LogP contribution in [0.25, 0.3) is 0 Å². The smallest absolute Gasteiger partial charge is 0.0334 e. The van der Waals surface area contributed by atoms with Crippen LogP contribution < -0.4 is 0 Å². The van der Waals surface area contributed by atoms with Gasteiger partial charge in [0, 0.05) is 0 Å². The van der Waals surface area contributed by atoms with Crippen LogP contribution in [-0.2, 0) is 0 Å². The molecule has 0 aromatic heterocycles. The first-order valence-electron chi connectivity index (χ1n) is 4.92. The van der Waals surface area contributed by atoms with Gasteiger partial charge in [-0.2, -0.15) is 0 Å². The molecule has 0 aliphatic carbocycles. The molecule has 0 aliphatic heterocycles. The van der Waals surface area contributed by atoms with Gasteiger partial charge in [-0.05, 0) is 11.3 Å². The SMILES string of the molecule is CCC.CCC(C)(C)C(C)C. The van der Waals surface area contributed by atoms with Crippen LogP contribution in [-0.4, -0.2) is 0 Å². The Bertz CT molecular complexity index is 70.1. The predicted molar refractivity (Wildman–Crippen MR) is 54.9 cm³/mol. The van der Waals surface area contributed by atoms with Gasteiger partial charge in [0.1, 0.15) is 0 Å². The number of rotatable bonds is 2. The molecule has 0 heterocycles. The summed E-state index contributed by atoms with van der Waals surface area (Å²) in [5.74, 6) is 0.812. The normalized spacial score (nSPS) is 10.9. The summed E-state index contributed by atoms with van der Waals surface area (Å²) in [5, 5.41) is 0. The quantitative estimate of drug-likeness (QED) is 0.555. The zero-order valence-corrected chi connectivity index (χ0v) is 9.49. The molecule has 0 bridgehead atoms. The van der Waals surface area contributed by atoms with E-state index in [4.69, 9.17) is 0 Å². The minimum Gasteiger partial charge on any atom is -0.0656 e. The Labute approximate surface area is 73.4 Å². The molecule has 0 aromatic carbocycles. The second-order valence-corrected chi connectivity index (χ2v) is 4.20. The fraction of sp³-hybridized carbons (Fsp3) is 1.00. The summed E-state index contributed by atoms with van der Waals surface area (Å²) in [6.45, 7) is 15.7. The Kier molecular flexibility index (Phi) is 8.26. The molecule has 0 amide bonds. The second-order valence-electron chi connectivity index (χ2n) is 4.20. The van der Waals surface area contributed by atoms with Gasteiger partial charge in [-0.1, -0.05) is 61.3 Å². The third-order valence-electron chi connectivity index (χ3n) is 2.47. The van der Waals surface area contributed by atoms with Crippen molar-refractivity contribution in [3.63, 3.8) is 0 Å². The van der Waals surface area contributed by atoms with Crippen molar-refractivity contribution in [1.29, 1.82) is 0 Å². The Morgan fingerprint density at radius 3 is 1.27 bits per heavy atom. The molecule has 0 heteroatoms. The second kappa shape index (κ2) is 6.69. The molecule has 0 spiro atoms. The van der Waals surface area contributed by atoms with Gasteiger partial charge in [0.2, 0.25) is 0 Å². The minimum atomic E-state index is 0.542. The molecule has 70 valence electrons. The Hall–Kier alpha value is 0. The lowest BCUT2D eigenvalue weighted by atomic mass is 9.79. The van der Waals surface area contributed by atoms with E-state index in [-0.39, 0.29) is 0 Å². The van der Waals surface area contributed by atoms with E-state index >= 15 is 0 Å². The molecule has 0 aliphatic rings. The molecule has 0 saturated heterocycles. The zero-order chi connectivity index (χ0) is 9.49. The molecule has 0 rings (SSSR count). The lowest BCUT2D eigenvalue weighted by molar-refractivity contribution is 0.240. The third kappa shape index (κ3) is 7.90. The van der Waals surface area contributed by atoms with Crippen LogP contribution in [0.4, 0.5) is 0 Å². The largest absolute Gasteiger partial charge is 0.0656 e. The average Bonchev–Trinajstić information content (AvgIpc) is 1.89. The van der Waals surface area contributed by atoms with Crippen LogP contribution >= 0.6 is 0 Å². The summed E-state index contributed by atoms with van der Waals surface area (Å²) in [6.07, 6.45) is 2.53. The van der Waals surface area contributed by atoms with Gasteiger partial charge < -0.3 is 0 Å². The summed E-state index contributed by atoms with van der Waals surface area (Å²) < 4.78 is 0. The lowest BCUT2D eigenvalue weighted by Crippen LogP contribution is -2.17. The van der Waals surface area contributed by atoms with Gasteiger partial charge in [0.05, 0.1) is 0 Å². The predicted octanol–water partition coefficient (Wildman–Crippen LogP) is 4.49. The van der Waals surface area contributed by atoms with Crippen molar-refractivity contribution in [3.8, 4) is 0 Å². The number of hydrogen-bond donors (Lipinski definition) is 0. The summed E-state index contributed by atoms with van der Waals surface area (Å²) in [7, 11) is 0. The topological polar surface area (TPSA) is 0 Å². The van der Waals surface area contributed by atoms with Crippen molar-refractivity contribution in [3.05, 3.63) is 0 Å². The highest BCUT2D eigenvalue weighted by Gasteiger charge is 2.18. The fourth-order valence-electron chi connectivity index (χ4n) is 0.408. The molecule has 0 aromatic rings. The van der Waals surface area contributed by atoms with Crippen LogP contribution in [0.3, 0.4) is 0 Å². The van der Waals surface area contributed by atoms with Crippen LogP contribution in [0.1, 0.15) is 61.3 Å². The molecule has 0 fully saturated rings. The summed E-state index contributed by atoms with van der Waals surface area (Å²) in [4.78, 5) is 0. The van der Waals surface area contributed by atoms with Crippen LogP contribution in [0.15, 0.2) is 0 Å². The van der Waals surface area contributed by atoms with Crippen molar-refractivity contribution in [2.45, 2.75) is 61.3 Å². The molecule has 0 saturated carbocycles. The van der Waals surface area contributed by atoms with E-state index < -0.39 is 0 Å². The maximum Gasteiger partial charge on any atom is -0.0334 e. The van der Waals surface area contributed by atoms with Crippen LogP contribution in [0.5, 0.6) is 0 Å². The molecule has 0 radical (unpaired) electrons. The van der Waals surface area contributed by atoms with Gasteiger partial charge in [-0.15, -0.1) is 0 Å². The Morgan fingerprint density at radius 1 is 1.00 bits per heavy atom. The monoisotopic (exact) mass is 158 g/mol. The zero-order valence-electron chi connectivity index (χ0n) is 9.49. The Morgan fingerprint density at radius 2 is 1.27 bits per heavy atom. The molecular formula is C11H26. The van der Waals surface area contributed by atoms with Gasteiger partial charge in [-0.3, -0.25) is 0 Å². The highest BCUT2D eigenvalue weighted by molar-refractivity contribution is 4.69. The van der Waals surface area contributed by atoms with Crippen molar-refractivity contribution >= 4 is 0 Å². The standard InChI is InChI=1S/C8H18.C3H8/c1-6-8(4,5)7(2)3;1-3-2/h7H,6H2,1-5H3;3H2,1-2H3. The van der Waals surface area contributed by atoms with Crippen molar-refractivity contribution in [2.75, 3.05) is 0 Å². The van der Waals surface area contributed by atoms with E-state index in [1.165, 1.54) is 12.8 Å². The molecule has 0 unspecified atom stereocenters. The van der Waals surface area contributed by atoms with Crippen molar-refractivity contribution in [2.24, 2.45) is 11.3 Å². The van der Waals surface area contributed by atoms with E-state index in [1.54, 1.807) is 0 Å². The van der Waals surface area contributed by atoms with Crippen LogP contribution in [0.2, 0.25) is 0 Å². The van der Waals surface area contributed by atoms with E-state index in [0.717, 1.165) is 5.92 Å². The average molecular weight is 158 g/mol. The van der Waals surface area contributed by atoms with E-state index in [9.17, 15) is 0 Å². The third-order valence-corrected chi connectivity index (χ3v) is 2.47. The molecule has 0 atom stereocenters. The first-order chi connectivity index (χ1) is 4.92. The minimum absolute atomic E-state index is 0.542. The highest BCUT2D eigenvalue weighted by atomic mass is 14.2. The first-order valence-corrected chi connectivity index (χ1v) is 4.92. The summed E-state index contributed by atoms with van der Waals surface area (Å²) in [6, 6.07) is 0. The van der Waals surface area contributed by atoms with Gasteiger partial charge in [0.25, 0.3) is 0 Å². The maximum absolute atomic E-state index is 2.32. The van der Waals surface area contributed by atoms with E-state index in [2.05, 4.69) is 48.5 Å². The molecule has 0 N–H and O–H groups in total.